The van der Waals surface area contributed by atoms with Crippen LogP contribution in [-0.2, 0) is 52.4 Å². The van der Waals surface area contributed by atoms with Crippen LogP contribution < -0.4 is 11.3 Å². The van der Waals surface area contributed by atoms with Gasteiger partial charge in [0.2, 0.25) is 5.95 Å². The Hall–Kier alpha value is -2.67. The molecule has 4 aromatic heterocycles. The third kappa shape index (κ3) is 5.22. The van der Waals surface area contributed by atoms with Crippen LogP contribution in [-0.4, -0.2) is 83.1 Å². The second kappa shape index (κ2) is 10.3. The molecule has 6 heterocycles. The number of nitrogens with two attached hydrogens (primary N) is 1. The fraction of sp³-hybridized carbons (Fsp3) is 0.444. The number of nitrogens with zero attached hydrogens (tertiary/aromatic N) is 7. The van der Waals surface area contributed by atoms with Crippen LogP contribution in [0.2, 0.25) is 0 Å². The molecule has 2 aliphatic heterocycles. The highest BCUT2D eigenvalue weighted by molar-refractivity contribution is 8.07. The van der Waals surface area contributed by atoms with Gasteiger partial charge in [0.25, 0.3) is 5.56 Å². The summed E-state index contributed by atoms with van der Waals surface area (Å²) < 4.78 is 58.7. The van der Waals surface area contributed by atoms with Crippen LogP contribution in [0, 0.1) is 0 Å². The Morgan fingerprint density at radius 2 is 2.08 bits per heavy atom. The first-order valence-electron chi connectivity index (χ1n) is 11.5. The van der Waals surface area contributed by atoms with Crippen LogP contribution in [0.5, 0.6) is 0 Å². The lowest BCUT2D eigenvalue weighted by atomic mass is 10.1. The van der Waals surface area contributed by atoms with Gasteiger partial charge in [0.05, 0.1) is 33.2 Å². The van der Waals surface area contributed by atoms with Crippen LogP contribution in [0.25, 0.3) is 22.3 Å². The van der Waals surface area contributed by atoms with Crippen molar-refractivity contribution in [3.63, 3.8) is 0 Å². The van der Waals surface area contributed by atoms with E-state index >= 15 is 4.39 Å². The lowest BCUT2D eigenvalue weighted by Crippen LogP contribution is -2.32. The minimum Gasteiger partial charge on any atom is -0.444 e. The van der Waals surface area contributed by atoms with E-state index in [0.717, 1.165) is 6.33 Å². The molecular weight excluding hydrogens is 594 g/mol. The molecule has 0 aliphatic carbocycles. The number of nitrogen functional groups attached to an aromatic ring is 1. The molecule has 211 valence electrons. The van der Waals surface area contributed by atoms with E-state index in [9.17, 15) is 14.3 Å². The molecule has 2 bridgehead atoms. The molecule has 22 heteroatoms. The Morgan fingerprint density at radius 1 is 1.25 bits per heavy atom. The number of nitrogens with one attached hydrogen (secondary N) is 1. The first-order valence-corrected chi connectivity index (χ1v) is 15.7. The largest absolute Gasteiger partial charge is 0.444 e. The number of halogens is 1. The SMILES string of the molecule is [B-]P1(=O)OCCn2c(nc3cncnc32)COP(O)(=S)O[C@@H]2[C@H](F)[C@@H](CO1)O[C@H]2n1cnc2c(=O)[nH]c(N)nc21. The van der Waals surface area contributed by atoms with Gasteiger partial charge in [-0.3, -0.25) is 18.9 Å². The van der Waals surface area contributed by atoms with E-state index in [0.29, 0.717) is 11.2 Å². The third-order valence-corrected chi connectivity index (χ3v) is 8.69. The van der Waals surface area contributed by atoms with Gasteiger partial charge in [-0.1, -0.05) is 0 Å². The number of aromatic amines is 1. The molecule has 0 aromatic carbocycles. The van der Waals surface area contributed by atoms with E-state index in [1.807, 2.05) is 0 Å². The van der Waals surface area contributed by atoms with Crippen molar-refractivity contribution in [1.29, 1.82) is 0 Å². The fourth-order valence-electron chi connectivity index (χ4n) is 4.36. The van der Waals surface area contributed by atoms with Crippen molar-refractivity contribution in [2.45, 2.75) is 37.8 Å². The van der Waals surface area contributed by atoms with Gasteiger partial charge in [0, 0.05) is 6.54 Å². The Morgan fingerprint density at radius 3 is 2.90 bits per heavy atom. The summed E-state index contributed by atoms with van der Waals surface area (Å²) in [4.78, 5) is 46.0. The molecule has 0 saturated carbocycles. The quantitative estimate of drug-likeness (QED) is 0.193. The number of anilines is 1. The molecule has 4 aromatic rings. The van der Waals surface area contributed by atoms with Gasteiger partial charge in [0.1, 0.15) is 36.5 Å². The highest BCUT2D eigenvalue weighted by atomic mass is 32.5. The lowest BCUT2D eigenvalue weighted by molar-refractivity contribution is -0.0456. The highest BCUT2D eigenvalue weighted by Gasteiger charge is 2.50. The maximum absolute atomic E-state index is 15.8. The smallest absolute Gasteiger partial charge is 0.325 e. The second-order valence-electron chi connectivity index (χ2n) is 8.68. The van der Waals surface area contributed by atoms with E-state index in [1.54, 1.807) is 4.57 Å². The Labute approximate surface area is 229 Å². The summed E-state index contributed by atoms with van der Waals surface area (Å²) >= 11 is 5.19. The van der Waals surface area contributed by atoms with E-state index in [-0.39, 0.29) is 42.7 Å². The molecule has 2 aliphatic rings. The first kappa shape index (κ1) is 27.5. The van der Waals surface area contributed by atoms with Crippen LogP contribution in [0.3, 0.4) is 0 Å². The summed E-state index contributed by atoms with van der Waals surface area (Å²) in [5, 5.41) is 0. The maximum Gasteiger partial charge on any atom is 0.325 e. The Kier molecular flexibility index (Phi) is 7.09. The van der Waals surface area contributed by atoms with E-state index < -0.39 is 51.0 Å². The molecule has 0 amide bonds. The zero-order valence-electron chi connectivity index (χ0n) is 20.1. The molecule has 17 nitrogen and oxygen atoms in total. The van der Waals surface area contributed by atoms with Gasteiger partial charge in [-0.25, -0.2) is 24.3 Å². The Balaban J connectivity index is 1.38. The molecular formula is C18H19BFN9O8P2S-. The monoisotopic (exact) mass is 613 g/mol. The summed E-state index contributed by atoms with van der Waals surface area (Å²) in [6, 6.07) is 0. The van der Waals surface area contributed by atoms with Gasteiger partial charge >= 0.3 is 6.72 Å². The number of hydrogen-bond acceptors (Lipinski definition) is 14. The van der Waals surface area contributed by atoms with Crippen molar-refractivity contribution < 1.29 is 36.7 Å². The van der Waals surface area contributed by atoms with Gasteiger partial charge < -0.3 is 45.6 Å². The summed E-state index contributed by atoms with van der Waals surface area (Å²) in [5.41, 5.74) is 5.64. The molecule has 2 unspecified atom stereocenters. The molecule has 3 radical (unpaired) electrons. The van der Waals surface area contributed by atoms with Gasteiger partial charge in [-0.15, -0.1) is 0 Å². The molecule has 6 rings (SSSR count). The van der Waals surface area contributed by atoms with Crippen molar-refractivity contribution in [2.24, 2.45) is 0 Å². The van der Waals surface area contributed by atoms with E-state index in [2.05, 4.69) is 29.9 Å². The summed E-state index contributed by atoms with van der Waals surface area (Å²) in [6.45, 7) is -5.33. The average molecular weight is 613 g/mol. The Bertz CT molecular complexity index is 1760. The van der Waals surface area contributed by atoms with Crippen molar-refractivity contribution >= 4 is 61.8 Å². The van der Waals surface area contributed by atoms with Gasteiger partial charge in [-0.05, 0) is 11.8 Å². The summed E-state index contributed by atoms with van der Waals surface area (Å²) in [5.74, 6) is 0.00674. The fourth-order valence-corrected chi connectivity index (χ4v) is 6.45. The third-order valence-electron chi connectivity index (χ3n) is 6.10. The molecule has 4 N–H and O–H groups in total. The zero-order chi connectivity index (χ0) is 28.2. The molecule has 6 atom stereocenters. The topological polar surface area (TPSA) is 217 Å². The van der Waals surface area contributed by atoms with Crippen LogP contribution in [0.15, 0.2) is 23.6 Å². The maximum atomic E-state index is 15.8. The van der Waals surface area contributed by atoms with Crippen LogP contribution in [0.1, 0.15) is 12.1 Å². The average Bonchev–Trinajstić information content (AvgIpc) is 3.55. The second-order valence-corrected chi connectivity index (χ2v) is 13.1. The molecule has 40 heavy (non-hydrogen) atoms. The van der Waals surface area contributed by atoms with Crippen LogP contribution >= 0.6 is 14.2 Å². The van der Waals surface area contributed by atoms with Crippen LogP contribution in [0.4, 0.5) is 10.3 Å². The number of fused-ring (bicyclic) bond motifs is 6. The summed E-state index contributed by atoms with van der Waals surface area (Å²) in [7, 11) is 1.53. The zero-order valence-corrected chi connectivity index (χ0v) is 22.7. The molecule has 1 fully saturated rings. The number of hydrogen-bond donors (Lipinski definition) is 3. The minimum absolute atomic E-state index is 0.0576. The van der Waals surface area contributed by atoms with Gasteiger partial charge in [0.15, 0.2) is 29.2 Å². The lowest BCUT2D eigenvalue weighted by Gasteiger charge is -2.28. The number of rotatable bonds is 1. The summed E-state index contributed by atoms with van der Waals surface area (Å²) in [6.07, 6.45) is -2.56. The van der Waals surface area contributed by atoms with Crippen molar-refractivity contribution in [2.75, 3.05) is 18.9 Å². The molecule has 0 spiro atoms. The minimum atomic E-state index is -4.19. The van der Waals surface area contributed by atoms with Crippen molar-refractivity contribution in [3.8, 4) is 0 Å². The van der Waals surface area contributed by atoms with E-state index in [4.69, 9.17) is 47.9 Å². The predicted molar refractivity (Wildman–Crippen MR) is 138 cm³/mol. The van der Waals surface area contributed by atoms with Crippen molar-refractivity contribution in [3.05, 3.63) is 35.0 Å². The first-order chi connectivity index (χ1) is 19.0. The normalized spacial score (nSPS) is 32.1. The van der Waals surface area contributed by atoms with Crippen molar-refractivity contribution in [1.82, 2.24) is 39.0 Å². The number of aromatic nitrogens is 8. The number of H-pyrrole nitrogens is 1. The van der Waals surface area contributed by atoms with E-state index in [1.165, 1.54) is 17.1 Å². The van der Waals surface area contributed by atoms with Gasteiger partial charge in [-0.2, -0.15) is 4.98 Å². The number of alkyl halides is 1. The predicted octanol–water partition coefficient (Wildman–Crippen LogP) is 0.219. The number of imidazole rings is 2. The standard InChI is InChI=1S/C18H19BFN9O8P2S/c19-38(31)33-2-1-28-10(25-8-3-22-6-23-14(8)28)5-35-39(32,40)37-13-11(20)9(4-34-38)36-17(13)29-7-24-12-15(29)26-18(21)27-16(12)30/h3,6-7,9,11,13,17H,1-2,4-5H2,(H,32,40)(H3,21,26,27,30)/q-1/t9-,11-,13-,17-,38?,39?/m1/s1. The number of ether oxygens (including phenoxy) is 1. The highest BCUT2D eigenvalue weighted by Crippen LogP contribution is 2.51. The molecule has 1 saturated heterocycles.